The highest BCUT2D eigenvalue weighted by Crippen LogP contribution is 2.28. The molecule has 3 rings (SSSR count). The van der Waals surface area contributed by atoms with Crippen LogP contribution in [0.5, 0.6) is 0 Å². The van der Waals surface area contributed by atoms with E-state index in [0.717, 1.165) is 0 Å². The van der Waals surface area contributed by atoms with Crippen LogP contribution in [0.4, 0.5) is 25.4 Å². The maximum atomic E-state index is 14.8. The van der Waals surface area contributed by atoms with Crippen molar-refractivity contribution in [3.05, 3.63) is 34.5 Å². The second kappa shape index (κ2) is 9.85. The number of nitrogens with one attached hydrogen (secondary N) is 1. The summed E-state index contributed by atoms with van der Waals surface area (Å²) in [6.07, 6.45) is -1.70. The number of ether oxygens (including phenoxy) is 2. The molecular formula is C18H22FN7O5. The van der Waals surface area contributed by atoms with Gasteiger partial charge in [0, 0.05) is 38.0 Å². The van der Waals surface area contributed by atoms with Crippen molar-refractivity contribution in [2.24, 2.45) is 5.11 Å². The van der Waals surface area contributed by atoms with E-state index < -0.39 is 24.1 Å². The van der Waals surface area contributed by atoms with E-state index in [2.05, 4.69) is 15.3 Å². The molecule has 2 aliphatic heterocycles. The molecular weight excluding hydrogens is 413 g/mol. The third-order valence-electron chi connectivity index (χ3n) is 4.88. The number of hydrogen-bond donors (Lipinski definition) is 1. The van der Waals surface area contributed by atoms with Gasteiger partial charge in [-0.3, -0.25) is 9.69 Å². The zero-order chi connectivity index (χ0) is 22.4. The largest absolute Gasteiger partial charge is 0.443 e. The molecule has 0 spiro atoms. The Kier molecular flexibility index (Phi) is 6.98. The van der Waals surface area contributed by atoms with Gasteiger partial charge in [0.1, 0.15) is 11.9 Å². The van der Waals surface area contributed by atoms with Gasteiger partial charge >= 0.3 is 12.2 Å². The summed E-state index contributed by atoms with van der Waals surface area (Å²) in [4.78, 5) is 42.1. The van der Waals surface area contributed by atoms with E-state index >= 15 is 0 Å². The van der Waals surface area contributed by atoms with Crippen molar-refractivity contribution < 1.29 is 28.2 Å². The molecule has 0 aromatic heterocycles. The maximum Gasteiger partial charge on any atom is 0.414 e. The second-order valence-electron chi connectivity index (χ2n) is 6.93. The van der Waals surface area contributed by atoms with Gasteiger partial charge in [0.15, 0.2) is 6.73 Å². The number of benzene rings is 1. The molecule has 166 valence electrons. The average Bonchev–Trinajstić information content (AvgIpc) is 3.13. The Morgan fingerprint density at radius 3 is 2.74 bits per heavy atom. The smallest absolute Gasteiger partial charge is 0.414 e. The number of carbonyl (C=O) groups excluding carboxylic acids is 3. The first-order valence-corrected chi connectivity index (χ1v) is 9.58. The molecule has 0 radical (unpaired) electrons. The van der Waals surface area contributed by atoms with Gasteiger partial charge in [-0.05, 0) is 23.7 Å². The molecule has 1 aromatic rings. The summed E-state index contributed by atoms with van der Waals surface area (Å²) in [7, 11) is 0. The van der Waals surface area contributed by atoms with Gasteiger partial charge in [-0.2, -0.15) is 0 Å². The Labute approximate surface area is 177 Å². The summed E-state index contributed by atoms with van der Waals surface area (Å²) in [6.45, 7) is 2.79. The Morgan fingerprint density at radius 1 is 1.35 bits per heavy atom. The Morgan fingerprint density at radius 2 is 2.10 bits per heavy atom. The van der Waals surface area contributed by atoms with E-state index in [0.29, 0.717) is 37.6 Å². The molecule has 2 saturated heterocycles. The average molecular weight is 435 g/mol. The van der Waals surface area contributed by atoms with Crippen molar-refractivity contribution in [1.82, 2.24) is 10.2 Å². The molecule has 1 N–H and O–H groups in total. The molecule has 0 bridgehead atoms. The van der Waals surface area contributed by atoms with Crippen LogP contribution in [0.2, 0.25) is 0 Å². The van der Waals surface area contributed by atoms with Crippen LogP contribution < -0.4 is 15.1 Å². The molecule has 0 aliphatic carbocycles. The lowest BCUT2D eigenvalue weighted by Crippen LogP contribution is -2.49. The van der Waals surface area contributed by atoms with Crippen molar-refractivity contribution in [2.75, 3.05) is 55.8 Å². The third-order valence-corrected chi connectivity index (χ3v) is 4.88. The first-order chi connectivity index (χ1) is 14.9. The molecule has 1 atom stereocenters. The molecule has 1 aromatic carbocycles. The van der Waals surface area contributed by atoms with Gasteiger partial charge in [-0.25, -0.2) is 14.0 Å². The van der Waals surface area contributed by atoms with Crippen molar-refractivity contribution in [3.63, 3.8) is 0 Å². The second-order valence-corrected chi connectivity index (χ2v) is 6.93. The molecule has 2 aliphatic rings. The number of carbonyl (C=O) groups is 3. The Hall–Kier alpha value is -3.73. The number of nitrogens with zero attached hydrogens (tertiary/aromatic N) is 6. The summed E-state index contributed by atoms with van der Waals surface area (Å²) in [5.41, 5.74) is 8.92. The highest BCUT2D eigenvalue weighted by molar-refractivity contribution is 5.90. The van der Waals surface area contributed by atoms with Crippen molar-refractivity contribution >= 4 is 29.5 Å². The number of hydrogen-bond acceptors (Lipinski definition) is 7. The minimum absolute atomic E-state index is 0.188. The van der Waals surface area contributed by atoms with Crippen LogP contribution in [0.25, 0.3) is 10.4 Å². The maximum absolute atomic E-state index is 14.8. The summed E-state index contributed by atoms with van der Waals surface area (Å²) >= 11 is 0. The number of halogens is 1. The molecule has 0 saturated carbocycles. The van der Waals surface area contributed by atoms with Crippen molar-refractivity contribution in [3.8, 4) is 0 Å². The number of amides is 3. The first kappa shape index (κ1) is 22.0. The summed E-state index contributed by atoms with van der Waals surface area (Å²) in [5.74, 6) is -0.732. The Bertz CT molecular complexity index is 899. The monoisotopic (exact) mass is 435 g/mol. The van der Waals surface area contributed by atoms with Crippen LogP contribution >= 0.6 is 0 Å². The van der Waals surface area contributed by atoms with Gasteiger partial charge in [-0.1, -0.05) is 5.11 Å². The third kappa shape index (κ3) is 5.45. The molecule has 3 amide bonds. The van der Waals surface area contributed by atoms with Gasteiger partial charge in [0.05, 0.1) is 24.5 Å². The van der Waals surface area contributed by atoms with Gasteiger partial charge in [0.2, 0.25) is 5.91 Å². The fourth-order valence-electron chi connectivity index (χ4n) is 3.35. The topological polar surface area (TPSA) is 140 Å². The molecule has 31 heavy (non-hydrogen) atoms. The van der Waals surface area contributed by atoms with E-state index in [1.54, 1.807) is 17.0 Å². The van der Waals surface area contributed by atoms with Crippen LogP contribution in [0.15, 0.2) is 23.3 Å². The van der Waals surface area contributed by atoms with E-state index in [1.165, 1.54) is 22.8 Å². The standard InChI is InChI=1S/C18H22FN7O5/c1-12(27)21-9-14-10-26(18(29)31-14)13-2-3-16(15(19)8-13)24-4-6-25(7-5-24)17(28)30-11-22-23-20/h2-3,8,14H,4-7,9-11H2,1H3,(H,21,27)/t14-/m0/s1. The van der Waals surface area contributed by atoms with E-state index in [9.17, 15) is 18.8 Å². The van der Waals surface area contributed by atoms with E-state index in [4.69, 9.17) is 15.0 Å². The normalized spacial score (nSPS) is 18.3. The quantitative estimate of drug-likeness (QED) is 0.411. The van der Waals surface area contributed by atoms with Gasteiger partial charge in [0.25, 0.3) is 0 Å². The summed E-state index contributed by atoms with van der Waals surface area (Å²) < 4.78 is 24.8. The summed E-state index contributed by atoms with van der Waals surface area (Å²) in [5, 5.41) is 5.73. The molecule has 2 heterocycles. The SMILES string of the molecule is CC(=O)NC[C@H]1CN(c2ccc(N3CCN(C(=O)OCN=[N+]=[N-])CC3)c(F)c2)C(=O)O1. The zero-order valence-corrected chi connectivity index (χ0v) is 16.9. The number of cyclic esters (lactones) is 1. The fourth-order valence-corrected chi connectivity index (χ4v) is 3.35. The highest BCUT2D eigenvalue weighted by Gasteiger charge is 2.33. The lowest BCUT2D eigenvalue weighted by atomic mass is 10.2. The van der Waals surface area contributed by atoms with Crippen LogP contribution in [0.3, 0.4) is 0 Å². The minimum atomic E-state index is -0.602. The first-order valence-electron chi connectivity index (χ1n) is 9.58. The van der Waals surface area contributed by atoms with Crippen molar-refractivity contribution in [1.29, 1.82) is 0 Å². The molecule has 13 heteroatoms. The summed E-state index contributed by atoms with van der Waals surface area (Å²) in [6, 6.07) is 4.47. The fraction of sp³-hybridized carbons (Fsp3) is 0.500. The number of azide groups is 1. The van der Waals surface area contributed by atoms with E-state index in [1.807, 2.05) is 0 Å². The molecule has 12 nitrogen and oxygen atoms in total. The predicted molar refractivity (Wildman–Crippen MR) is 107 cm³/mol. The van der Waals surface area contributed by atoms with Crippen molar-refractivity contribution in [2.45, 2.75) is 13.0 Å². The number of anilines is 2. The number of piperazine rings is 1. The Balaban J connectivity index is 1.58. The van der Waals surface area contributed by atoms with E-state index in [-0.39, 0.29) is 25.7 Å². The predicted octanol–water partition coefficient (Wildman–Crippen LogP) is 1.81. The van der Waals surface area contributed by atoms with Crippen LogP contribution in [-0.2, 0) is 14.3 Å². The minimum Gasteiger partial charge on any atom is -0.443 e. The lowest BCUT2D eigenvalue weighted by molar-refractivity contribution is -0.119. The molecule has 0 unspecified atom stereocenters. The van der Waals surface area contributed by atoms with Crippen LogP contribution in [0, 0.1) is 5.82 Å². The zero-order valence-electron chi connectivity index (χ0n) is 16.9. The number of rotatable bonds is 6. The van der Waals surface area contributed by atoms with Gasteiger partial charge < -0.3 is 24.6 Å². The molecule has 2 fully saturated rings. The highest BCUT2D eigenvalue weighted by atomic mass is 19.1. The van der Waals surface area contributed by atoms with Crippen LogP contribution in [0.1, 0.15) is 6.92 Å². The van der Waals surface area contributed by atoms with Crippen LogP contribution in [-0.4, -0.2) is 75.1 Å². The lowest BCUT2D eigenvalue weighted by Gasteiger charge is -2.35. The van der Waals surface area contributed by atoms with Gasteiger partial charge in [-0.15, -0.1) is 0 Å².